The molecule has 11 heteroatoms. The van der Waals surface area contributed by atoms with E-state index in [4.69, 9.17) is 16.3 Å². The van der Waals surface area contributed by atoms with Crippen LogP contribution in [0.4, 0.5) is 5.13 Å². The van der Waals surface area contributed by atoms with Gasteiger partial charge in [0, 0.05) is 5.56 Å². The highest BCUT2D eigenvalue weighted by atomic mass is 35.5. The molecule has 36 heavy (non-hydrogen) atoms. The number of anilines is 1. The number of nitrogens with zero attached hydrogens (tertiary/aromatic N) is 1. The first-order valence-electron chi connectivity index (χ1n) is 10.9. The number of hydrogen-bond donors (Lipinski definition) is 3. The van der Waals surface area contributed by atoms with E-state index in [0.29, 0.717) is 32.4 Å². The summed E-state index contributed by atoms with van der Waals surface area (Å²) in [6, 6.07) is 16.0. The Balaban J connectivity index is 1.67. The lowest BCUT2D eigenvalue weighted by atomic mass is 10.1. The SMILES string of the molecule is CCS(=O)(=O)c1ccc(C(Oc2ccccc2Cl)C(=O)Nc2nc3cc(CO)c(CO)cc3s2)cc1. The second-order valence-corrected chi connectivity index (χ2v) is 11.5. The highest BCUT2D eigenvalue weighted by Gasteiger charge is 2.26. The number of hydrogen-bond acceptors (Lipinski definition) is 8. The fourth-order valence-electron chi connectivity index (χ4n) is 3.53. The Morgan fingerprint density at radius 1 is 1.08 bits per heavy atom. The molecule has 8 nitrogen and oxygen atoms in total. The smallest absolute Gasteiger partial charge is 0.271 e. The van der Waals surface area contributed by atoms with Crippen molar-refractivity contribution >= 4 is 54.0 Å². The quantitative estimate of drug-likeness (QED) is 0.282. The molecule has 188 valence electrons. The van der Waals surface area contributed by atoms with Gasteiger partial charge in [0.05, 0.1) is 39.1 Å². The first-order valence-corrected chi connectivity index (χ1v) is 13.8. The van der Waals surface area contributed by atoms with Crippen LogP contribution in [0.2, 0.25) is 5.02 Å². The molecule has 3 N–H and O–H groups in total. The van der Waals surface area contributed by atoms with Crippen LogP contribution in [-0.4, -0.2) is 35.3 Å². The summed E-state index contributed by atoms with van der Waals surface area (Å²) in [5.41, 5.74) is 2.12. The number of para-hydroxylation sites is 1. The number of aliphatic hydroxyl groups excluding tert-OH is 2. The number of rotatable bonds is 9. The molecule has 4 rings (SSSR count). The lowest BCUT2D eigenvalue weighted by molar-refractivity contribution is -0.123. The lowest BCUT2D eigenvalue weighted by Crippen LogP contribution is -2.25. The standard InChI is InChI=1S/C25H23ClN2O6S2/c1-2-36(32,33)18-9-7-15(8-10-18)23(34-21-6-4-3-5-19(21)26)24(31)28-25-27-20-11-16(13-29)17(14-30)12-22(20)35-25/h3-12,23,29-30H,2,13-14H2,1H3,(H,27,28,31). The largest absolute Gasteiger partial charge is 0.474 e. The molecule has 3 aromatic carbocycles. The molecule has 0 bridgehead atoms. The Hall–Kier alpha value is -3.02. The molecular formula is C25H23ClN2O6S2. The van der Waals surface area contributed by atoms with Gasteiger partial charge in [0.25, 0.3) is 5.91 Å². The number of nitrogens with one attached hydrogen (secondary N) is 1. The zero-order valence-corrected chi connectivity index (χ0v) is 21.5. The van der Waals surface area contributed by atoms with Crippen LogP contribution in [0.5, 0.6) is 5.75 Å². The van der Waals surface area contributed by atoms with Crippen LogP contribution in [0.1, 0.15) is 29.7 Å². The number of aliphatic hydroxyl groups is 2. The number of benzene rings is 3. The van der Waals surface area contributed by atoms with Gasteiger partial charge in [-0.3, -0.25) is 10.1 Å². The van der Waals surface area contributed by atoms with Crippen LogP contribution in [0, 0.1) is 0 Å². The predicted molar refractivity (Wildman–Crippen MR) is 139 cm³/mol. The number of halogens is 1. The molecule has 1 unspecified atom stereocenters. The minimum atomic E-state index is -3.41. The molecule has 0 saturated carbocycles. The first kappa shape index (κ1) is 26.1. The molecule has 0 spiro atoms. The molecule has 0 radical (unpaired) electrons. The molecule has 1 atom stereocenters. The number of sulfone groups is 1. The summed E-state index contributed by atoms with van der Waals surface area (Å²) >= 11 is 7.46. The summed E-state index contributed by atoms with van der Waals surface area (Å²) in [6.07, 6.45) is -1.16. The van der Waals surface area contributed by atoms with Crippen molar-refractivity contribution in [3.8, 4) is 5.75 Å². The van der Waals surface area contributed by atoms with Crippen LogP contribution in [-0.2, 0) is 27.8 Å². The number of carbonyl (C=O) groups is 1. The van der Waals surface area contributed by atoms with Crippen LogP contribution in [0.15, 0.2) is 65.6 Å². The van der Waals surface area contributed by atoms with Crippen molar-refractivity contribution in [2.45, 2.75) is 31.1 Å². The molecule has 1 aromatic heterocycles. The van der Waals surface area contributed by atoms with Gasteiger partial charge >= 0.3 is 0 Å². The monoisotopic (exact) mass is 546 g/mol. The van der Waals surface area contributed by atoms with E-state index >= 15 is 0 Å². The minimum Gasteiger partial charge on any atom is -0.474 e. The molecule has 0 aliphatic heterocycles. The summed E-state index contributed by atoms with van der Waals surface area (Å²) in [5, 5.41) is 22.5. The van der Waals surface area contributed by atoms with Gasteiger partial charge in [-0.1, -0.05) is 54.1 Å². The van der Waals surface area contributed by atoms with Crippen molar-refractivity contribution in [2.24, 2.45) is 0 Å². The van der Waals surface area contributed by atoms with Crippen molar-refractivity contribution in [3.05, 3.63) is 82.4 Å². The van der Waals surface area contributed by atoms with E-state index in [1.165, 1.54) is 35.6 Å². The summed E-state index contributed by atoms with van der Waals surface area (Å²) in [7, 11) is -3.41. The number of aromatic nitrogens is 1. The van der Waals surface area contributed by atoms with Gasteiger partial charge in [-0.05, 0) is 47.5 Å². The third-order valence-electron chi connectivity index (χ3n) is 5.52. The maximum absolute atomic E-state index is 13.4. The summed E-state index contributed by atoms with van der Waals surface area (Å²) in [5.74, 6) is -0.293. The lowest BCUT2D eigenvalue weighted by Gasteiger charge is -2.19. The summed E-state index contributed by atoms with van der Waals surface area (Å²) in [6.45, 7) is 1.08. The van der Waals surface area contributed by atoms with E-state index in [2.05, 4.69) is 10.3 Å². The molecule has 1 amide bonds. The Bertz CT molecular complexity index is 1460. The summed E-state index contributed by atoms with van der Waals surface area (Å²) < 4.78 is 31.1. The molecule has 0 aliphatic carbocycles. The number of thiazole rings is 1. The van der Waals surface area contributed by atoms with Crippen LogP contribution >= 0.6 is 22.9 Å². The van der Waals surface area contributed by atoms with Gasteiger partial charge in [0.1, 0.15) is 5.75 Å². The van der Waals surface area contributed by atoms with Crippen molar-refractivity contribution in [1.29, 1.82) is 0 Å². The van der Waals surface area contributed by atoms with Gasteiger partial charge in [0.2, 0.25) is 6.10 Å². The normalized spacial score (nSPS) is 12.4. The first-order chi connectivity index (χ1) is 17.2. The second-order valence-electron chi connectivity index (χ2n) is 7.81. The highest BCUT2D eigenvalue weighted by molar-refractivity contribution is 7.91. The number of fused-ring (bicyclic) bond motifs is 1. The van der Waals surface area contributed by atoms with Gasteiger partial charge < -0.3 is 14.9 Å². The average molecular weight is 547 g/mol. The molecule has 0 saturated heterocycles. The second kappa shape index (κ2) is 10.9. The Morgan fingerprint density at radius 3 is 2.39 bits per heavy atom. The molecule has 0 aliphatic rings. The van der Waals surface area contributed by atoms with Crippen molar-refractivity contribution in [1.82, 2.24) is 4.98 Å². The fraction of sp³-hybridized carbons (Fsp3) is 0.200. The van der Waals surface area contributed by atoms with Crippen LogP contribution in [0.25, 0.3) is 10.2 Å². The third kappa shape index (κ3) is 5.53. The zero-order valence-electron chi connectivity index (χ0n) is 19.1. The van der Waals surface area contributed by atoms with E-state index in [1.54, 1.807) is 43.3 Å². The third-order valence-corrected chi connectivity index (χ3v) is 8.52. The van der Waals surface area contributed by atoms with Gasteiger partial charge in [-0.25, -0.2) is 13.4 Å². The van der Waals surface area contributed by atoms with E-state index in [9.17, 15) is 23.4 Å². The molecule has 0 fully saturated rings. The van der Waals surface area contributed by atoms with Crippen LogP contribution < -0.4 is 10.1 Å². The average Bonchev–Trinajstić information content (AvgIpc) is 3.28. The highest BCUT2D eigenvalue weighted by Crippen LogP contribution is 2.32. The van der Waals surface area contributed by atoms with E-state index in [0.717, 1.165) is 4.70 Å². The van der Waals surface area contributed by atoms with E-state index in [-0.39, 0.29) is 29.6 Å². The van der Waals surface area contributed by atoms with E-state index < -0.39 is 21.8 Å². The van der Waals surface area contributed by atoms with Crippen molar-refractivity contribution in [3.63, 3.8) is 0 Å². The summed E-state index contributed by atoms with van der Waals surface area (Å²) in [4.78, 5) is 18.0. The van der Waals surface area contributed by atoms with Crippen LogP contribution in [0.3, 0.4) is 0 Å². The van der Waals surface area contributed by atoms with Gasteiger partial charge in [-0.2, -0.15) is 0 Å². The Kier molecular flexibility index (Phi) is 7.91. The predicted octanol–water partition coefficient (Wildman–Crippen LogP) is 4.49. The Morgan fingerprint density at radius 2 is 1.75 bits per heavy atom. The maximum Gasteiger partial charge on any atom is 0.271 e. The van der Waals surface area contributed by atoms with Crippen molar-refractivity contribution < 1.29 is 28.2 Å². The minimum absolute atomic E-state index is 0.0417. The molecule has 4 aromatic rings. The Labute approximate surface area is 217 Å². The van der Waals surface area contributed by atoms with E-state index in [1.807, 2.05) is 0 Å². The maximum atomic E-state index is 13.4. The molecule has 1 heterocycles. The van der Waals surface area contributed by atoms with Gasteiger partial charge in [0.15, 0.2) is 15.0 Å². The number of ether oxygens (including phenoxy) is 1. The number of carbonyl (C=O) groups excluding carboxylic acids is 1. The zero-order chi connectivity index (χ0) is 25.9. The van der Waals surface area contributed by atoms with Gasteiger partial charge in [-0.15, -0.1) is 0 Å². The fourth-order valence-corrected chi connectivity index (χ4v) is 5.51. The molecular weight excluding hydrogens is 524 g/mol. The topological polar surface area (TPSA) is 126 Å². The number of amides is 1. The van der Waals surface area contributed by atoms with Crippen molar-refractivity contribution in [2.75, 3.05) is 11.1 Å².